The van der Waals surface area contributed by atoms with Crippen LogP contribution in [0.3, 0.4) is 0 Å². The van der Waals surface area contributed by atoms with Crippen LogP contribution in [0.5, 0.6) is 0 Å². The molecule has 2 saturated heterocycles. The van der Waals surface area contributed by atoms with Gasteiger partial charge < -0.3 is 10.6 Å². The molecule has 26 heavy (non-hydrogen) atoms. The normalized spacial score (nSPS) is 37.3. The molecular formula is C21H31N3O2. The van der Waals surface area contributed by atoms with Crippen LogP contribution in [0.25, 0.3) is 0 Å². The number of carbonyl (C=O) groups is 2. The Labute approximate surface area is 156 Å². The highest BCUT2D eigenvalue weighted by molar-refractivity contribution is 6.07. The first-order valence-corrected chi connectivity index (χ1v) is 9.67. The summed E-state index contributed by atoms with van der Waals surface area (Å²) in [4.78, 5) is 27.7. The van der Waals surface area contributed by atoms with E-state index in [-0.39, 0.29) is 28.9 Å². The average Bonchev–Trinajstić information content (AvgIpc) is 2.85. The lowest BCUT2D eigenvalue weighted by Gasteiger charge is -2.56. The molecule has 142 valence electrons. The van der Waals surface area contributed by atoms with Gasteiger partial charge in [0.05, 0.1) is 6.54 Å². The first kappa shape index (κ1) is 18.9. The maximum absolute atomic E-state index is 13.5. The Morgan fingerprint density at radius 3 is 2.35 bits per heavy atom. The van der Waals surface area contributed by atoms with Crippen molar-refractivity contribution in [2.75, 3.05) is 0 Å². The van der Waals surface area contributed by atoms with Crippen molar-refractivity contribution in [2.45, 2.75) is 77.0 Å². The van der Waals surface area contributed by atoms with Gasteiger partial charge in [0, 0.05) is 17.0 Å². The molecular weight excluding hydrogens is 326 g/mol. The van der Waals surface area contributed by atoms with Crippen molar-refractivity contribution in [3.05, 3.63) is 35.9 Å². The summed E-state index contributed by atoms with van der Waals surface area (Å²) < 4.78 is 0. The zero-order chi connectivity index (χ0) is 19.2. The predicted octanol–water partition coefficient (Wildman–Crippen LogP) is 3.44. The quantitative estimate of drug-likeness (QED) is 0.812. The zero-order valence-corrected chi connectivity index (χ0v) is 16.6. The minimum absolute atomic E-state index is 0.00292. The lowest BCUT2D eigenvalue weighted by molar-refractivity contribution is -0.139. The van der Waals surface area contributed by atoms with Crippen molar-refractivity contribution >= 4 is 11.9 Å². The van der Waals surface area contributed by atoms with Gasteiger partial charge in [0.15, 0.2) is 0 Å². The molecule has 1 aromatic rings. The van der Waals surface area contributed by atoms with Crippen LogP contribution < -0.4 is 10.6 Å². The fraction of sp³-hybridized carbons (Fsp3) is 0.619. The largest absolute Gasteiger partial charge is 0.325 e. The molecule has 4 atom stereocenters. The van der Waals surface area contributed by atoms with Crippen molar-refractivity contribution < 1.29 is 9.59 Å². The van der Waals surface area contributed by atoms with E-state index in [2.05, 4.69) is 45.3 Å². The van der Waals surface area contributed by atoms with Gasteiger partial charge in [-0.15, -0.1) is 0 Å². The van der Waals surface area contributed by atoms with Crippen molar-refractivity contribution in [3.8, 4) is 0 Å². The molecule has 5 nitrogen and oxygen atoms in total. The van der Waals surface area contributed by atoms with E-state index in [9.17, 15) is 9.59 Å². The fourth-order valence-electron chi connectivity index (χ4n) is 4.73. The lowest BCUT2D eigenvalue weighted by atomic mass is 9.61. The summed E-state index contributed by atoms with van der Waals surface area (Å²) >= 11 is 0. The maximum Gasteiger partial charge on any atom is 0.325 e. The number of nitrogens with one attached hydrogen (secondary N) is 2. The molecule has 2 fully saturated rings. The predicted molar refractivity (Wildman–Crippen MR) is 103 cm³/mol. The molecule has 3 rings (SSSR count). The molecule has 2 heterocycles. The molecule has 2 aliphatic rings. The highest BCUT2D eigenvalue weighted by atomic mass is 16.2. The average molecular weight is 357 g/mol. The summed E-state index contributed by atoms with van der Waals surface area (Å²) in [5.41, 5.74) is -0.282. The number of amides is 3. The van der Waals surface area contributed by atoms with Gasteiger partial charge in [-0.25, -0.2) is 4.79 Å². The van der Waals surface area contributed by atoms with Crippen LogP contribution in [0, 0.1) is 5.92 Å². The molecule has 0 saturated carbocycles. The van der Waals surface area contributed by atoms with Crippen LogP contribution in [-0.2, 0) is 11.3 Å². The van der Waals surface area contributed by atoms with Gasteiger partial charge >= 0.3 is 6.03 Å². The summed E-state index contributed by atoms with van der Waals surface area (Å²) in [7, 11) is 0. The molecule has 2 N–H and O–H groups in total. The minimum atomic E-state index is -0.841. The minimum Gasteiger partial charge on any atom is -0.323 e. The molecule has 4 unspecified atom stereocenters. The highest BCUT2D eigenvalue weighted by Gasteiger charge is 2.63. The van der Waals surface area contributed by atoms with Gasteiger partial charge in [-0.2, -0.15) is 0 Å². The van der Waals surface area contributed by atoms with Gasteiger partial charge in [-0.3, -0.25) is 9.69 Å². The van der Waals surface area contributed by atoms with E-state index in [1.165, 1.54) is 4.90 Å². The number of urea groups is 1. The molecule has 0 aromatic heterocycles. The first-order valence-electron chi connectivity index (χ1n) is 9.67. The summed E-state index contributed by atoms with van der Waals surface area (Å²) in [6, 6.07) is 9.42. The topological polar surface area (TPSA) is 61.4 Å². The number of hydrogen-bond acceptors (Lipinski definition) is 3. The maximum atomic E-state index is 13.5. The van der Waals surface area contributed by atoms with Crippen LogP contribution in [0.4, 0.5) is 4.79 Å². The van der Waals surface area contributed by atoms with Crippen LogP contribution in [0.1, 0.15) is 59.4 Å². The Morgan fingerprint density at radius 2 is 1.77 bits per heavy atom. The van der Waals surface area contributed by atoms with E-state index in [1.54, 1.807) is 0 Å². The Morgan fingerprint density at radius 1 is 1.12 bits per heavy atom. The number of piperidine rings is 1. The number of imide groups is 1. The van der Waals surface area contributed by atoms with Gasteiger partial charge in [0.2, 0.25) is 0 Å². The van der Waals surface area contributed by atoms with Gasteiger partial charge in [-0.05, 0) is 38.7 Å². The van der Waals surface area contributed by atoms with Crippen LogP contribution in [0.15, 0.2) is 30.3 Å². The van der Waals surface area contributed by atoms with E-state index in [4.69, 9.17) is 0 Å². The standard InChI is InChI=1S/C21H31N3O2/c1-6-19(4)14-21(15(3)20(5,7-2)23-19)17(25)24(18(26)22-21)13-16-11-9-8-10-12-16/h8-12,15,23H,6-7,13-14H2,1-5H3,(H,22,26). The number of rotatable bonds is 4. The highest BCUT2D eigenvalue weighted by Crippen LogP contribution is 2.46. The monoisotopic (exact) mass is 357 g/mol. The Bertz CT molecular complexity index is 706. The molecule has 2 aliphatic heterocycles. The molecule has 3 amide bonds. The Hall–Kier alpha value is -1.88. The van der Waals surface area contributed by atoms with Crippen molar-refractivity contribution in [1.29, 1.82) is 0 Å². The molecule has 5 heteroatoms. The Balaban J connectivity index is 1.97. The second kappa shape index (κ2) is 6.38. The number of nitrogens with zero attached hydrogens (tertiary/aromatic N) is 1. The summed E-state index contributed by atoms with van der Waals surface area (Å²) in [6.45, 7) is 11.0. The van der Waals surface area contributed by atoms with Crippen molar-refractivity contribution in [1.82, 2.24) is 15.5 Å². The number of benzene rings is 1. The number of hydrogen-bond donors (Lipinski definition) is 2. The fourth-order valence-corrected chi connectivity index (χ4v) is 4.73. The van der Waals surface area contributed by atoms with E-state index in [0.29, 0.717) is 13.0 Å². The summed E-state index contributed by atoms with van der Waals surface area (Å²) in [5, 5.41) is 6.90. The second-order valence-corrected chi connectivity index (χ2v) is 8.49. The summed E-state index contributed by atoms with van der Waals surface area (Å²) in [5.74, 6) is -0.0865. The van der Waals surface area contributed by atoms with E-state index < -0.39 is 5.54 Å². The van der Waals surface area contributed by atoms with Crippen molar-refractivity contribution in [3.63, 3.8) is 0 Å². The molecule has 0 bridgehead atoms. The second-order valence-electron chi connectivity index (χ2n) is 8.49. The zero-order valence-electron chi connectivity index (χ0n) is 16.6. The Kier molecular flexibility index (Phi) is 4.63. The van der Waals surface area contributed by atoms with Crippen LogP contribution in [-0.4, -0.2) is 33.5 Å². The van der Waals surface area contributed by atoms with Gasteiger partial charge in [0.25, 0.3) is 5.91 Å². The van der Waals surface area contributed by atoms with E-state index in [1.807, 2.05) is 30.3 Å². The molecule has 0 aliphatic carbocycles. The van der Waals surface area contributed by atoms with Gasteiger partial charge in [-0.1, -0.05) is 51.1 Å². The SMILES string of the molecule is CCC1(C)CC2(NC(=O)N(Cc3ccccc3)C2=O)C(C)C(C)(CC)N1. The first-order chi connectivity index (χ1) is 12.2. The third-order valence-corrected chi connectivity index (χ3v) is 6.85. The smallest absolute Gasteiger partial charge is 0.323 e. The molecule has 0 radical (unpaired) electrons. The van der Waals surface area contributed by atoms with Crippen LogP contribution in [0.2, 0.25) is 0 Å². The van der Waals surface area contributed by atoms with Crippen LogP contribution >= 0.6 is 0 Å². The van der Waals surface area contributed by atoms with E-state index in [0.717, 1.165) is 18.4 Å². The number of carbonyl (C=O) groups excluding carboxylic acids is 2. The molecule has 1 spiro atoms. The lowest BCUT2D eigenvalue weighted by Crippen LogP contribution is -2.74. The third kappa shape index (κ3) is 2.82. The van der Waals surface area contributed by atoms with E-state index >= 15 is 0 Å². The summed E-state index contributed by atoms with van der Waals surface area (Å²) in [6.07, 6.45) is 2.41. The molecule has 1 aromatic carbocycles. The third-order valence-electron chi connectivity index (χ3n) is 6.85. The van der Waals surface area contributed by atoms with Crippen molar-refractivity contribution in [2.24, 2.45) is 5.92 Å². The van der Waals surface area contributed by atoms with Gasteiger partial charge in [0.1, 0.15) is 5.54 Å².